The summed E-state index contributed by atoms with van der Waals surface area (Å²) in [4.78, 5) is 11.1. The number of primary amides is 1. The fourth-order valence-corrected chi connectivity index (χ4v) is 2.46. The molecule has 1 aliphatic carbocycles. The minimum absolute atomic E-state index is 0.437. The number of nitrogens with one attached hydrogen (secondary N) is 2. The first kappa shape index (κ1) is 12.8. The Balaban J connectivity index is 1.93. The van der Waals surface area contributed by atoms with Gasteiger partial charge in [0.2, 0.25) is 5.91 Å². The summed E-state index contributed by atoms with van der Waals surface area (Å²) in [6.45, 7) is 0. The van der Waals surface area contributed by atoms with Gasteiger partial charge in [-0.1, -0.05) is 18.9 Å². The summed E-state index contributed by atoms with van der Waals surface area (Å²) >= 11 is 5.24. The Kier molecular flexibility index (Phi) is 4.15. The molecule has 1 aromatic carbocycles. The molecule has 4 nitrogen and oxygen atoms in total. The lowest BCUT2D eigenvalue weighted by Gasteiger charge is -2.15. The van der Waals surface area contributed by atoms with E-state index in [0.717, 1.165) is 5.69 Å². The molecule has 0 spiro atoms. The molecular formula is C13H17N3OS. The van der Waals surface area contributed by atoms with E-state index in [1.54, 1.807) is 18.2 Å². The number of amides is 1. The zero-order valence-corrected chi connectivity index (χ0v) is 10.9. The van der Waals surface area contributed by atoms with Crippen LogP contribution in [-0.4, -0.2) is 17.1 Å². The molecule has 0 aromatic heterocycles. The highest BCUT2D eigenvalue weighted by Gasteiger charge is 2.15. The second-order valence-electron chi connectivity index (χ2n) is 4.52. The van der Waals surface area contributed by atoms with Gasteiger partial charge in [0.1, 0.15) is 0 Å². The highest BCUT2D eigenvalue weighted by Crippen LogP contribution is 2.18. The van der Waals surface area contributed by atoms with Crippen molar-refractivity contribution in [3.05, 3.63) is 29.8 Å². The van der Waals surface area contributed by atoms with Crippen LogP contribution in [0.4, 0.5) is 5.69 Å². The monoisotopic (exact) mass is 263 g/mol. The van der Waals surface area contributed by atoms with Crippen molar-refractivity contribution in [3.8, 4) is 0 Å². The van der Waals surface area contributed by atoms with Crippen LogP contribution in [0.3, 0.4) is 0 Å². The molecule has 1 saturated carbocycles. The van der Waals surface area contributed by atoms with E-state index in [-0.39, 0.29) is 0 Å². The van der Waals surface area contributed by atoms with E-state index in [9.17, 15) is 4.79 Å². The summed E-state index contributed by atoms with van der Waals surface area (Å²) in [5, 5.41) is 6.96. The first-order valence-electron chi connectivity index (χ1n) is 6.12. The van der Waals surface area contributed by atoms with Crippen molar-refractivity contribution in [2.75, 3.05) is 5.32 Å². The zero-order valence-electron chi connectivity index (χ0n) is 10.1. The Hall–Kier alpha value is -1.62. The third kappa shape index (κ3) is 3.43. The number of carbonyl (C=O) groups is 1. The number of anilines is 1. The average molecular weight is 263 g/mol. The Morgan fingerprint density at radius 2 is 2.06 bits per heavy atom. The van der Waals surface area contributed by atoms with Gasteiger partial charge in [0.05, 0.1) is 0 Å². The van der Waals surface area contributed by atoms with Crippen molar-refractivity contribution >= 4 is 28.9 Å². The van der Waals surface area contributed by atoms with E-state index in [0.29, 0.717) is 16.7 Å². The maximum absolute atomic E-state index is 11.1. The number of carbonyl (C=O) groups excluding carboxylic acids is 1. The second kappa shape index (κ2) is 5.82. The van der Waals surface area contributed by atoms with Gasteiger partial charge >= 0.3 is 0 Å². The molecule has 1 amide bonds. The summed E-state index contributed by atoms with van der Waals surface area (Å²) in [5.74, 6) is -0.437. The van der Waals surface area contributed by atoms with Gasteiger partial charge in [0, 0.05) is 17.3 Å². The third-order valence-electron chi connectivity index (χ3n) is 3.10. The minimum atomic E-state index is -0.437. The van der Waals surface area contributed by atoms with Crippen LogP contribution in [0, 0.1) is 0 Å². The van der Waals surface area contributed by atoms with Gasteiger partial charge in [-0.05, 0) is 43.3 Å². The summed E-state index contributed by atoms with van der Waals surface area (Å²) in [6.07, 6.45) is 4.86. The first-order chi connectivity index (χ1) is 8.65. The van der Waals surface area contributed by atoms with Gasteiger partial charge in [-0.3, -0.25) is 4.79 Å². The SMILES string of the molecule is NC(=O)c1cccc(NC(=S)NC2CCCC2)c1. The Labute approximate surface area is 112 Å². The summed E-state index contributed by atoms with van der Waals surface area (Å²) in [5.41, 5.74) is 6.49. The van der Waals surface area contributed by atoms with Crippen LogP contribution < -0.4 is 16.4 Å². The Bertz CT molecular complexity index is 455. The Morgan fingerprint density at radius 1 is 1.33 bits per heavy atom. The molecule has 0 saturated heterocycles. The number of hydrogen-bond acceptors (Lipinski definition) is 2. The van der Waals surface area contributed by atoms with Crippen LogP contribution in [0.5, 0.6) is 0 Å². The molecule has 0 radical (unpaired) electrons. The molecule has 0 heterocycles. The molecule has 1 aromatic rings. The van der Waals surface area contributed by atoms with Gasteiger partial charge in [-0.25, -0.2) is 0 Å². The quantitative estimate of drug-likeness (QED) is 0.730. The lowest BCUT2D eigenvalue weighted by Crippen LogP contribution is -2.35. The van der Waals surface area contributed by atoms with E-state index in [4.69, 9.17) is 18.0 Å². The zero-order chi connectivity index (χ0) is 13.0. The third-order valence-corrected chi connectivity index (χ3v) is 3.32. The van der Waals surface area contributed by atoms with E-state index in [2.05, 4.69) is 10.6 Å². The number of hydrogen-bond donors (Lipinski definition) is 3. The van der Waals surface area contributed by atoms with Gasteiger partial charge in [-0.2, -0.15) is 0 Å². The highest BCUT2D eigenvalue weighted by atomic mass is 32.1. The molecule has 0 atom stereocenters. The topological polar surface area (TPSA) is 67.2 Å². The summed E-state index contributed by atoms with van der Waals surface area (Å²) < 4.78 is 0. The normalized spacial score (nSPS) is 15.3. The van der Waals surface area contributed by atoms with Crippen molar-refractivity contribution < 1.29 is 4.79 Å². The van der Waals surface area contributed by atoms with Crippen molar-refractivity contribution in [2.24, 2.45) is 5.73 Å². The maximum atomic E-state index is 11.1. The molecule has 2 rings (SSSR count). The molecular weight excluding hydrogens is 246 g/mol. The van der Waals surface area contributed by atoms with Gasteiger partial charge < -0.3 is 16.4 Å². The second-order valence-corrected chi connectivity index (χ2v) is 4.93. The fourth-order valence-electron chi connectivity index (χ4n) is 2.17. The van der Waals surface area contributed by atoms with Crippen LogP contribution in [-0.2, 0) is 0 Å². The molecule has 0 aliphatic heterocycles. The van der Waals surface area contributed by atoms with Crippen molar-refractivity contribution in [3.63, 3.8) is 0 Å². The van der Waals surface area contributed by atoms with E-state index >= 15 is 0 Å². The van der Waals surface area contributed by atoms with E-state index in [1.807, 2.05) is 6.07 Å². The van der Waals surface area contributed by atoms with Gasteiger partial charge in [0.25, 0.3) is 0 Å². The van der Waals surface area contributed by atoms with Crippen molar-refractivity contribution in [1.29, 1.82) is 0 Å². The molecule has 18 heavy (non-hydrogen) atoms. The largest absolute Gasteiger partial charge is 0.366 e. The smallest absolute Gasteiger partial charge is 0.248 e. The van der Waals surface area contributed by atoms with E-state index < -0.39 is 5.91 Å². The van der Waals surface area contributed by atoms with Crippen molar-refractivity contribution in [1.82, 2.24) is 5.32 Å². The van der Waals surface area contributed by atoms with Crippen LogP contribution in [0.1, 0.15) is 36.0 Å². The molecule has 1 fully saturated rings. The minimum Gasteiger partial charge on any atom is -0.366 e. The molecule has 0 bridgehead atoms. The van der Waals surface area contributed by atoms with E-state index in [1.165, 1.54) is 25.7 Å². The molecule has 0 unspecified atom stereocenters. The maximum Gasteiger partial charge on any atom is 0.248 e. The van der Waals surface area contributed by atoms with Crippen LogP contribution in [0.2, 0.25) is 0 Å². The first-order valence-corrected chi connectivity index (χ1v) is 6.53. The highest BCUT2D eigenvalue weighted by molar-refractivity contribution is 7.80. The van der Waals surface area contributed by atoms with Crippen molar-refractivity contribution in [2.45, 2.75) is 31.7 Å². The van der Waals surface area contributed by atoms with Crippen LogP contribution >= 0.6 is 12.2 Å². The standard InChI is InChI=1S/C13H17N3OS/c14-12(17)9-4-3-7-11(8-9)16-13(18)15-10-5-1-2-6-10/h3-4,7-8,10H,1-2,5-6H2,(H2,14,17)(H2,15,16,18). The predicted octanol–water partition coefficient (Wildman–Crippen LogP) is 2.01. The Morgan fingerprint density at radius 3 is 2.72 bits per heavy atom. The lowest BCUT2D eigenvalue weighted by atomic mass is 10.2. The van der Waals surface area contributed by atoms with Gasteiger partial charge in [-0.15, -0.1) is 0 Å². The average Bonchev–Trinajstić information content (AvgIpc) is 2.82. The summed E-state index contributed by atoms with van der Waals surface area (Å²) in [7, 11) is 0. The number of nitrogens with two attached hydrogens (primary N) is 1. The van der Waals surface area contributed by atoms with Crippen LogP contribution in [0.25, 0.3) is 0 Å². The molecule has 1 aliphatic rings. The predicted molar refractivity (Wildman–Crippen MR) is 76.6 cm³/mol. The lowest BCUT2D eigenvalue weighted by molar-refractivity contribution is 0.100. The van der Waals surface area contributed by atoms with Gasteiger partial charge in [0.15, 0.2) is 5.11 Å². The summed E-state index contributed by atoms with van der Waals surface area (Å²) in [6, 6.07) is 7.49. The number of benzene rings is 1. The molecule has 5 heteroatoms. The molecule has 96 valence electrons. The number of thiocarbonyl (C=S) groups is 1. The van der Waals surface area contributed by atoms with Crippen LogP contribution in [0.15, 0.2) is 24.3 Å². The number of rotatable bonds is 3. The molecule has 4 N–H and O–H groups in total. The fraction of sp³-hybridized carbons (Fsp3) is 0.385.